The van der Waals surface area contributed by atoms with Gasteiger partial charge in [-0.15, -0.1) is 0 Å². The van der Waals surface area contributed by atoms with E-state index in [1.54, 1.807) is 0 Å². The molecule has 4 N–H and O–H groups in total. The number of nitrogens with two attached hydrogens (primary N) is 1. The topological polar surface area (TPSA) is 100 Å². The van der Waals surface area contributed by atoms with E-state index in [4.69, 9.17) is 20.7 Å². The van der Waals surface area contributed by atoms with Gasteiger partial charge in [0, 0.05) is 44.3 Å². The fraction of sp³-hybridized carbons (Fsp3) is 0.564. The maximum absolute atomic E-state index is 6.19. The Morgan fingerprint density at radius 3 is 2.10 bits per heavy atom. The van der Waals surface area contributed by atoms with Crippen molar-refractivity contribution in [2.24, 2.45) is 11.7 Å². The zero-order valence-electron chi connectivity index (χ0n) is 28.6. The molecule has 2 aliphatic carbocycles. The number of anilines is 2. The fourth-order valence-electron chi connectivity index (χ4n) is 8.10. The minimum atomic E-state index is 0.323. The van der Waals surface area contributed by atoms with Gasteiger partial charge in [0.2, 0.25) is 5.95 Å². The summed E-state index contributed by atoms with van der Waals surface area (Å²) in [6.07, 6.45) is 17.5. The molecule has 0 spiro atoms. The van der Waals surface area contributed by atoms with Gasteiger partial charge in [-0.25, -0.2) is 9.99 Å². The van der Waals surface area contributed by atoms with Crippen LogP contribution in [0.15, 0.2) is 67.0 Å². The van der Waals surface area contributed by atoms with Crippen LogP contribution in [0.25, 0.3) is 11.2 Å². The number of hydrogen-bond donors (Lipinski definition) is 3. The monoisotopic (exact) mass is 649 g/mol. The number of nitrogens with zero attached hydrogens (tertiary/aromatic N) is 6. The molecule has 3 fully saturated rings. The van der Waals surface area contributed by atoms with E-state index in [0.717, 1.165) is 81.3 Å². The van der Waals surface area contributed by atoms with Crippen molar-refractivity contribution in [1.29, 1.82) is 0 Å². The zero-order valence-corrected chi connectivity index (χ0v) is 28.6. The molecular weight excluding hydrogens is 594 g/mol. The van der Waals surface area contributed by atoms with E-state index in [1.807, 2.05) is 6.33 Å². The first-order valence-electron chi connectivity index (χ1n) is 18.7. The van der Waals surface area contributed by atoms with Crippen molar-refractivity contribution in [2.75, 3.05) is 30.4 Å². The third-order valence-electron chi connectivity index (χ3n) is 11.0. The smallest absolute Gasteiger partial charge is 0.227 e. The molecule has 7 rings (SSSR count). The van der Waals surface area contributed by atoms with Crippen molar-refractivity contribution in [1.82, 2.24) is 29.4 Å². The van der Waals surface area contributed by atoms with Crippen molar-refractivity contribution in [2.45, 2.75) is 115 Å². The number of aromatic nitrogens is 4. The largest absolute Gasteiger partial charge is 0.351 e. The molecule has 0 amide bonds. The minimum Gasteiger partial charge on any atom is -0.351 e. The Balaban J connectivity index is 0.927. The number of unbranched alkanes of at least 4 members (excludes halogenated alkanes) is 1. The molecule has 0 bridgehead atoms. The highest BCUT2D eigenvalue weighted by Crippen LogP contribution is 2.34. The molecule has 2 aromatic carbocycles. The average Bonchev–Trinajstić information content (AvgIpc) is 3.80. The quantitative estimate of drug-likeness (QED) is 0.121. The number of fused-ring (bicyclic) bond motifs is 1. The molecule has 4 aromatic rings. The van der Waals surface area contributed by atoms with Gasteiger partial charge in [-0.05, 0) is 81.4 Å². The number of hydrazine groups is 1. The molecule has 3 aliphatic rings. The second kappa shape index (κ2) is 16.2. The third kappa shape index (κ3) is 8.73. The Hall–Kier alpha value is -3.53. The Kier molecular flexibility index (Phi) is 11.2. The molecular formula is C39H55N9. The van der Waals surface area contributed by atoms with Crippen molar-refractivity contribution < 1.29 is 0 Å². The van der Waals surface area contributed by atoms with Crippen LogP contribution in [-0.4, -0.2) is 61.1 Å². The van der Waals surface area contributed by atoms with Crippen molar-refractivity contribution >= 4 is 22.9 Å². The lowest BCUT2D eigenvalue weighted by Crippen LogP contribution is -2.38. The van der Waals surface area contributed by atoms with E-state index in [1.165, 1.54) is 68.9 Å². The van der Waals surface area contributed by atoms with Crippen molar-refractivity contribution in [3.63, 3.8) is 0 Å². The zero-order chi connectivity index (χ0) is 32.5. The molecule has 256 valence electrons. The molecule has 0 atom stereocenters. The predicted molar refractivity (Wildman–Crippen MR) is 195 cm³/mol. The van der Waals surface area contributed by atoms with E-state index in [9.17, 15) is 0 Å². The van der Waals surface area contributed by atoms with Crippen LogP contribution in [0.4, 0.5) is 11.8 Å². The summed E-state index contributed by atoms with van der Waals surface area (Å²) in [5.74, 6) is 2.33. The Morgan fingerprint density at radius 2 is 1.44 bits per heavy atom. The highest BCUT2D eigenvalue weighted by Gasteiger charge is 2.26. The molecule has 0 radical (unpaired) electrons. The van der Waals surface area contributed by atoms with Gasteiger partial charge in [-0.2, -0.15) is 9.97 Å². The van der Waals surface area contributed by atoms with Crippen molar-refractivity contribution in [3.8, 4) is 0 Å². The van der Waals surface area contributed by atoms with Gasteiger partial charge in [0.05, 0.1) is 6.33 Å². The molecule has 9 nitrogen and oxygen atoms in total. The van der Waals surface area contributed by atoms with E-state index in [2.05, 4.69) is 85.9 Å². The summed E-state index contributed by atoms with van der Waals surface area (Å²) in [7, 11) is 0. The van der Waals surface area contributed by atoms with E-state index in [-0.39, 0.29) is 0 Å². The second-order valence-electron chi connectivity index (χ2n) is 14.6. The second-order valence-corrected chi connectivity index (χ2v) is 14.6. The molecule has 48 heavy (non-hydrogen) atoms. The first kappa shape index (κ1) is 33.0. The third-order valence-corrected chi connectivity index (χ3v) is 11.0. The normalized spacial score (nSPS) is 21.3. The summed E-state index contributed by atoms with van der Waals surface area (Å²) in [4.78, 5) is 17.5. The van der Waals surface area contributed by atoms with Crippen LogP contribution >= 0.6 is 0 Å². The first-order chi connectivity index (χ1) is 23.7. The molecule has 2 saturated carbocycles. The van der Waals surface area contributed by atoms with E-state index >= 15 is 0 Å². The number of piperidine rings is 1. The van der Waals surface area contributed by atoms with Crippen molar-refractivity contribution in [3.05, 3.63) is 78.1 Å². The highest BCUT2D eigenvalue weighted by atomic mass is 15.5. The van der Waals surface area contributed by atoms with Crippen LogP contribution in [0.1, 0.15) is 101 Å². The number of benzene rings is 2. The Morgan fingerprint density at radius 1 is 0.771 bits per heavy atom. The average molecular weight is 650 g/mol. The van der Waals surface area contributed by atoms with Crippen LogP contribution in [0.3, 0.4) is 0 Å². The summed E-state index contributed by atoms with van der Waals surface area (Å²) in [6.45, 7) is 5.18. The fourth-order valence-corrected chi connectivity index (χ4v) is 8.10. The summed E-state index contributed by atoms with van der Waals surface area (Å²) in [6, 6.07) is 23.0. The molecule has 3 heterocycles. The molecule has 0 unspecified atom stereocenters. The van der Waals surface area contributed by atoms with Gasteiger partial charge < -0.3 is 21.0 Å². The van der Waals surface area contributed by atoms with Crippen LogP contribution in [0.2, 0.25) is 0 Å². The lowest BCUT2D eigenvalue weighted by atomic mass is 9.92. The Bertz CT molecular complexity index is 1490. The number of rotatable bonds is 14. The predicted octanol–water partition coefficient (Wildman–Crippen LogP) is 7.53. The van der Waals surface area contributed by atoms with E-state index in [0.29, 0.717) is 24.1 Å². The van der Waals surface area contributed by atoms with Gasteiger partial charge in [-0.3, -0.25) is 4.90 Å². The maximum Gasteiger partial charge on any atom is 0.227 e. The van der Waals surface area contributed by atoms with Gasteiger partial charge in [-0.1, -0.05) is 86.3 Å². The van der Waals surface area contributed by atoms with Gasteiger partial charge in [0.1, 0.15) is 0 Å². The lowest BCUT2D eigenvalue weighted by molar-refractivity contribution is 0.201. The van der Waals surface area contributed by atoms with Crippen LogP contribution < -0.4 is 16.5 Å². The number of imidazole rings is 1. The van der Waals surface area contributed by atoms with E-state index < -0.39 is 0 Å². The minimum absolute atomic E-state index is 0.323. The molecule has 1 saturated heterocycles. The van der Waals surface area contributed by atoms with Gasteiger partial charge in [0.15, 0.2) is 17.0 Å². The molecule has 9 heteroatoms. The van der Waals surface area contributed by atoms with Crippen LogP contribution in [0.5, 0.6) is 0 Å². The highest BCUT2D eigenvalue weighted by molar-refractivity contribution is 5.84. The number of nitrogens with one attached hydrogen (secondary N) is 2. The van der Waals surface area contributed by atoms with Gasteiger partial charge >= 0.3 is 0 Å². The van der Waals surface area contributed by atoms with Crippen LogP contribution in [0, 0.1) is 5.92 Å². The number of hydrogen-bond acceptors (Lipinski definition) is 8. The SMILES string of the molecule is NC1CCC(Nc2nc(NN3CCC(CCCCN(Cc4ccccc4)Cc4ccccc4)CC3)c3ncn(C4CCCC4)c3n2)CC1. The molecule has 1 aliphatic heterocycles. The van der Waals surface area contributed by atoms with Crippen LogP contribution in [-0.2, 0) is 13.1 Å². The van der Waals surface area contributed by atoms with Gasteiger partial charge in [0.25, 0.3) is 0 Å². The summed E-state index contributed by atoms with van der Waals surface area (Å²) >= 11 is 0. The maximum atomic E-state index is 6.19. The lowest BCUT2D eigenvalue weighted by Gasteiger charge is -2.32. The summed E-state index contributed by atoms with van der Waals surface area (Å²) < 4.78 is 2.31. The standard InChI is InChI=1S/C39H55N9/c40-33-18-20-34(21-19-33)42-39-43-37(36-38(44-39)48(29-41-36)35-16-7-8-17-35)45-47-25-22-30(23-26-47)11-9-10-24-46(27-31-12-3-1-4-13-31)28-32-14-5-2-6-15-32/h1-6,12-15,29-30,33-35H,7-11,16-28,40H2,(H2,42,43,44,45). The first-order valence-corrected chi connectivity index (χ1v) is 18.7. The summed E-state index contributed by atoms with van der Waals surface area (Å²) in [5, 5.41) is 6.03. The summed E-state index contributed by atoms with van der Waals surface area (Å²) in [5.41, 5.74) is 14.5. The molecule has 2 aromatic heterocycles. The Labute approximate surface area is 286 Å².